The number of para-hydroxylation sites is 1. The van der Waals surface area contributed by atoms with Crippen molar-refractivity contribution in [2.24, 2.45) is 0 Å². The minimum atomic E-state index is 0.246. The highest BCUT2D eigenvalue weighted by molar-refractivity contribution is 7.10. The highest BCUT2D eigenvalue weighted by Crippen LogP contribution is 2.35. The zero-order chi connectivity index (χ0) is 17.1. The van der Waals surface area contributed by atoms with Crippen molar-refractivity contribution in [3.63, 3.8) is 0 Å². The van der Waals surface area contributed by atoms with E-state index in [1.165, 1.54) is 17.7 Å². The van der Waals surface area contributed by atoms with Crippen molar-refractivity contribution in [3.8, 4) is 0 Å². The maximum Gasteiger partial charge on any atom is 0.232 e. The van der Waals surface area contributed by atoms with Crippen molar-refractivity contribution < 1.29 is 0 Å². The van der Waals surface area contributed by atoms with Gasteiger partial charge in [-0.1, -0.05) is 24.3 Å². The second-order valence-corrected chi connectivity index (χ2v) is 7.05. The number of hydrogen-bond donors (Lipinski definition) is 2. The third kappa shape index (κ3) is 3.78. The Hall–Kier alpha value is -2.51. The Morgan fingerprint density at radius 2 is 2.00 bits per heavy atom. The van der Waals surface area contributed by atoms with E-state index in [2.05, 4.69) is 42.7 Å². The lowest BCUT2D eigenvalue weighted by atomic mass is 10.2. The molecule has 2 aromatic heterocycles. The molecule has 0 aliphatic carbocycles. The van der Waals surface area contributed by atoms with Crippen LogP contribution in [0.2, 0.25) is 0 Å². The van der Waals surface area contributed by atoms with Gasteiger partial charge in [0.25, 0.3) is 0 Å². The van der Waals surface area contributed by atoms with Crippen LogP contribution in [0.3, 0.4) is 0 Å². The van der Waals surface area contributed by atoms with E-state index in [1.807, 2.05) is 41.7 Å². The molecule has 1 aromatic carbocycles. The van der Waals surface area contributed by atoms with Gasteiger partial charge < -0.3 is 11.1 Å². The number of nitrogens with two attached hydrogens (primary N) is 1. The van der Waals surface area contributed by atoms with E-state index in [0.29, 0.717) is 24.4 Å². The molecule has 25 heavy (non-hydrogen) atoms. The highest BCUT2D eigenvalue weighted by atomic mass is 32.1. The number of thiophene rings is 1. The minimum absolute atomic E-state index is 0.246. The second-order valence-electron chi connectivity index (χ2n) is 6.07. The molecule has 6 nitrogen and oxygen atoms in total. The number of nitrogens with zero attached hydrogens (tertiary/aromatic N) is 4. The summed E-state index contributed by atoms with van der Waals surface area (Å²) in [6, 6.07) is 14.6. The zero-order valence-corrected chi connectivity index (χ0v) is 14.6. The van der Waals surface area contributed by atoms with Gasteiger partial charge in [0, 0.05) is 16.6 Å². The number of hydrogen-bond acceptors (Lipinski definition) is 7. The average Bonchev–Trinajstić information content (AvgIpc) is 3.26. The van der Waals surface area contributed by atoms with Gasteiger partial charge in [0.05, 0.1) is 6.54 Å². The number of benzene rings is 1. The standard InChI is InChI=1S/C18H20N6S/c19-17-21-16(22-18(23-17)20-13-6-2-1-3-7-13)12-24-10-4-8-14(24)15-9-5-11-25-15/h1-3,5-7,9,11,14H,4,8,10,12H2,(H3,19,20,21,22,23)/t14-/m0/s1. The molecule has 1 fully saturated rings. The molecule has 3 aromatic rings. The summed E-state index contributed by atoms with van der Waals surface area (Å²) in [4.78, 5) is 16.9. The lowest BCUT2D eigenvalue weighted by Gasteiger charge is -2.22. The lowest BCUT2D eigenvalue weighted by molar-refractivity contribution is 0.245. The molecule has 7 heteroatoms. The van der Waals surface area contributed by atoms with E-state index in [0.717, 1.165) is 12.2 Å². The molecule has 1 aliphatic rings. The first-order valence-corrected chi connectivity index (χ1v) is 9.26. The quantitative estimate of drug-likeness (QED) is 0.730. The first kappa shape index (κ1) is 16.0. The third-order valence-electron chi connectivity index (χ3n) is 4.31. The van der Waals surface area contributed by atoms with Gasteiger partial charge in [0.15, 0.2) is 0 Å². The summed E-state index contributed by atoms with van der Waals surface area (Å²) in [7, 11) is 0. The van der Waals surface area contributed by atoms with Crippen LogP contribution in [0.4, 0.5) is 17.6 Å². The van der Waals surface area contributed by atoms with E-state index in [-0.39, 0.29) is 5.95 Å². The first-order chi connectivity index (χ1) is 12.3. The van der Waals surface area contributed by atoms with Gasteiger partial charge >= 0.3 is 0 Å². The van der Waals surface area contributed by atoms with Crippen molar-refractivity contribution in [3.05, 3.63) is 58.5 Å². The summed E-state index contributed by atoms with van der Waals surface area (Å²) in [5, 5.41) is 5.32. The number of nitrogen functional groups attached to an aromatic ring is 1. The number of likely N-dealkylation sites (tertiary alicyclic amines) is 1. The summed E-state index contributed by atoms with van der Waals surface area (Å²) in [5.74, 6) is 1.44. The Balaban J connectivity index is 1.52. The molecule has 1 aliphatic heterocycles. The SMILES string of the molecule is Nc1nc(CN2CCC[C@H]2c2cccs2)nc(Nc2ccccc2)n1. The Morgan fingerprint density at radius 1 is 1.12 bits per heavy atom. The second kappa shape index (κ2) is 7.16. The van der Waals surface area contributed by atoms with Crippen LogP contribution in [0, 0.1) is 0 Å². The fourth-order valence-electron chi connectivity index (χ4n) is 3.22. The van der Waals surface area contributed by atoms with Gasteiger partial charge in [-0.05, 0) is 43.0 Å². The predicted octanol–water partition coefficient (Wildman–Crippen LogP) is 3.60. The Kier molecular flexibility index (Phi) is 4.58. The fourth-order valence-corrected chi connectivity index (χ4v) is 4.11. The molecule has 0 bridgehead atoms. The van der Waals surface area contributed by atoms with E-state index >= 15 is 0 Å². The van der Waals surface area contributed by atoms with Crippen molar-refractivity contribution in [1.29, 1.82) is 0 Å². The Bertz CT molecular complexity index is 821. The van der Waals surface area contributed by atoms with Crippen LogP contribution in [-0.2, 0) is 6.54 Å². The van der Waals surface area contributed by atoms with Crippen LogP contribution in [0.1, 0.15) is 29.6 Å². The molecule has 3 N–H and O–H groups in total. The first-order valence-electron chi connectivity index (χ1n) is 8.38. The fraction of sp³-hybridized carbons (Fsp3) is 0.278. The molecular weight excluding hydrogens is 332 g/mol. The highest BCUT2D eigenvalue weighted by Gasteiger charge is 2.27. The molecule has 4 rings (SSSR count). The minimum Gasteiger partial charge on any atom is -0.368 e. The molecular formula is C18H20N6S. The van der Waals surface area contributed by atoms with E-state index in [1.54, 1.807) is 0 Å². The number of anilines is 3. The van der Waals surface area contributed by atoms with Crippen LogP contribution in [-0.4, -0.2) is 26.4 Å². The van der Waals surface area contributed by atoms with E-state index in [9.17, 15) is 0 Å². The third-order valence-corrected chi connectivity index (χ3v) is 5.28. The van der Waals surface area contributed by atoms with Crippen LogP contribution in [0.5, 0.6) is 0 Å². The lowest BCUT2D eigenvalue weighted by Crippen LogP contribution is -2.24. The van der Waals surface area contributed by atoms with Gasteiger partial charge in [0.1, 0.15) is 5.82 Å². The zero-order valence-electron chi connectivity index (χ0n) is 13.8. The normalized spacial score (nSPS) is 17.7. The maximum atomic E-state index is 5.90. The number of aromatic nitrogens is 3. The van der Waals surface area contributed by atoms with Crippen molar-refractivity contribution in [2.45, 2.75) is 25.4 Å². The van der Waals surface area contributed by atoms with Crippen LogP contribution in [0.15, 0.2) is 47.8 Å². The topological polar surface area (TPSA) is 80.0 Å². The van der Waals surface area contributed by atoms with E-state index < -0.39 is 0 Å². The monoisotopic (exact) mass is 352 g/mol. The van der Waals surface area contributed by atoms with Gasteiger partial charge in [0.2, 0.25) is 11.9 Å². The molecule has 3 heterocycles. The summed E-state index contributed by atoms with van der Waals surface area (Å²) in [6.07, 6.45) is 2.37. The summed E-state index contributed by atoms with van der Waals surface area (Å²) < 4.78 is 0. The summed E-state index contributed by atoms with van der Waals surface area (Å²) in [6.45, 7) is 1.73. The molecule has 0 unspecified atom stereocenters. The molecule has 1 saturated heterocycles. The molecule has 0 amide bonds. The van der Waals surface area contributed by atoms with Crippen LogP contribution in [0.25, 0.3) is 0 Å². The molecule has 128 valence electrons. The Morgan fingerprint density at radius 3 is 2.80 bits per heavy atom. The molecule has 0 spiro atoms. The van der Waals surface area contributed by atoms with Gasteiger partial charge in [-0.2, -0.15) is 15.0 Å². The van der Waals surface area contributed by atoms with Crippen molar-refractivity contribution in [2.75, 3.05) is 17.6 Å². The smallest absolute Gasteiger partial charge is 0.232 e. The average molecular weight is 352 g/mol. The van der Waals surface area contributed by atoms with Crippen LogP contribution >= 0.6 is 11.3 Å². The van der Waals surface area contributed by atoms with Crippen molar-refractivity contribution in [1.82, 2.24) is 19.9 Å². The maximum absolute atomic E-state index is 5.90. The largest absolute Gasteiger partial charge is 0.368 e. The van der Waals surface area contributed by atoms with Crippen LogP contribution < -0.4 is 11.1 Å². The molecule has 0 radical (unpaired) electrons. The van der Waals surface area contributed by atoms with Gasteiger partial charge in [-0.3, -0.25) is 4.90 Å². The van der Waals surface area contributed by atoms with Gasteiger partial charge in [-0.15, -0.1) is 11.3 Å². The van der Waals surface area contributed by atoms with Crippen molar-refractivity contribution >= 4 is 28.9 Å². The summed E-state index contributed by atoms with van der Waals surface area (Å²) in [5.41, 5.74) is 6.83. The molecule has 0 saturated carbocycles. The number of nitrogens with one attached hydrogen (secondary N) is 1. The summed E-state index contributed by atoms with van der Waals surface area (Å²) >= 11 is 1.81. The van der Waals surface area contributed by atoms with Gasteiger partial charge in [-0.25, -0.2) is 0 Å². The Labute approximate surface area is 150 Å². The van der Waals surface area contributed by atoms with E-state index in [4.69, 9.17) is 5.73 Å². The number of rotatable bonds is 5. The predicted molar refractivity (Wildman–Crippen MR) is 101 cm³/mol. The molecule has 1 atom stereocenters.